The van der Waals surface area contributed by atoms with Crippen LogP contribution in [0.25, 0.3) is 94.6 Å². The zero-order valence-corrected chi connectivity index (χ0v) is 30.4. The van der Waals surface area contributed by atoms with E-state index in [1.165, 1.54) is 21.8 Å². The molecule has 56 heavy (non-hydrogen) atoms. The average Bonchev–Trinajstić information content (AvgIpc) is 3.62. The van der Waals surface area contributed by atoms with Crippen LogP contribution < -0.4 is 0 Å². The Balaban J connectivity index is 1.11. The number of rotatable bonds is 7. The minimum atomic E-state index is 0.186. The maximum Gasteiger partial charge on any atom is 0.125 e. The molecule has 0 radical (unpaired) electrons. The van der Waals surface area contributed by atoms with Gasteiger partial charge >= 0.3 is 0 Å². The van der Waals surface area contributed by atoms with Gasteiger partial charge in [-0.15, -0.1) is 0 Å². The van der Waals surface area contributed by atoms with E-state index >= 15 is 0 Å². The van der Waals surface area contributed by atoms with Gasteiger partial charge in [-0.3, -0.25) is 4.98 Å². The first kappa shape index (κ1) is 33.0. The standard InChI is InChI=1S/C52H35N3O/c56-50-28-14-24-42(36-17-6-2-7-18-36)51(50)48-34-40(35-15-4-1-5-16-35)33-47(54-48)39-20-12-19-38(31-39)46-32-37(29-30-53-46)43-25-13-26-45-44-23-10-11-27-49(44)55(52(43)45)41-21-8-3-9-22-41/h1-34,56H. The Morgan fingerprint density at radius 2 is 0.982 bits per heavy atom. The highest BCUT2D eigenvalue weighted by Crippen LogP contribution is 2.42. The molecule has 10 aromatic rings. The number of phenolic OH excluding ortho intramolecular Hbond substituents is 1. The van der Waals surface area contributed by atoms with Crippen LogP contribution >= 0.6 is 0 Å². The minimum absolute atomic E-state index is 0.186. The third kappa shape index (κ3) is 5.90. The van der Waals surface area contributed by atoms with Crippen LogP contribution in [0, 0.1) is 0 Å². The maximum atomic E-state index is 11.4. The zero-order valence-electron chi connectivity index (χ0n) is 30.4. The molecule has 0 unspecified atom stereocenters. The summed E-state index contributed by atoms with van der Waals surface area (Å²) < 4.78 is 2.37. The lowest BCUT2D eigenvalue weighted by atomic mass is 9.93. The van der Waals surface area contributed by atoms with E-state index in [0.29, 0.717) is 11.3 Å². The van der Waals surface area contributed by atoms with Crippen LogP contribution in [0.1, 0.15) is 0 Å². The summed E-state index contributed by atoms with van der Waals surface area (Å²) in [6, 6.07) is 68.8. The molecule has 4 nitrogen and oxygen atoms in total. The highest BCUT2D eigenvalue weighted by molar-refractivity contribution is 6.13. The minimum Gasteiger partial charge on any atom is -0.507 e. The molecule has 3 aromatic heterocycles. The van der Waals surface area contributed by atoms with Gasteiger partial charge in [0, 0.05) is 44.9 Å². The third-order valence-electron chi connectivity index (χ3n) is 10.6. The van der Waals surface area contributed by atoms with Crippen molar-refractivity contribution >= 4 is 21.8 Å². The number of benzene rings is 7. The monoisotopic (exact) mass is 717 g/mol. The van der Waals surface area contributed by atoms with E-state index in [2.05, 4.69) is 150 Å². The lowest BCUT2D eigenvalue weighted by Gasteiger charge is -2.15. The number of phenols is 1. The summed E-state index contributed by atoms with van der Waals surface area (Å²) in [5.74, 6) is 0.186. The van der Waals surface area contributed by atoms with Crippen molar-refractivity contribution in [1.29, 1.82) is 0 Å². The van der Waals surface area contributed by atoms with Crippen molar-refractivity contribution in [3.63, 3.8) is 0 Å². The smallest absolute Gasteiger partial charge is 0.125 e. The first-order chi connectivity index (χ1) is 27.7. The fraction of sp³-hybridized carbons (Fsp3) is 0. The predicted octanol–water partition coefficient (Wildman–Crippen LogP) is 13.3. The van der Waals surface area contributed by atoms with Gasteiger partial charge in [0.05, 0.1) is 28.1 Å². The number of nitrogens with zero attached hydrogens (tertiary/aromatic N) is 3. The maximum absolute atomic E-state index is 11.4. The first-order valence-electron chi connectivity index (χ1n) is 18.8. The Kier molecular flexibility index (Phi) is 8.27. The van der Waals surface area contributed by atoms with E-state index in [1.807, 2.05) is 54.7 Å². The van der Waals surface area contributed by atoms with E-state index in [4.69, 9.17) is 9.97 Å². The van der Waals surface area contributed by atoms with Crippen LogP contribution in [0.3, 0.4) is 0 Å². The molecule has 0 saturated heterocycles. The fourth-order valence-corrected chi connectivity index (χ4v) is 7.96. The number of aromatic nitrogens is 3. The van der Waals surface area contributed by atoms with Gasteiger partial charge in [0.1, 0.15) is 5.75 Å². The van der Waals surface area contributed by atoms with Gasteiger partial charge in [0.25, 0.3) is 0 Å². The molecule has 0 bridgehead atoms. The molecule has 0 fully saturated rings. The first-order valence-corrected chi connectivity index (χ1v) is 18.8. The second-order valence-corrected chi connectivity index (χ2v) is 14.0. The van der Waals surface area contributed by atoms with Gasteiger partial charge in [0.15, 0.2) is 0 Å². The Morgan fingerprint density at radius 1 is 0.393 bits per heavy atom. The van der Waals surface area contributed by atoms with E-state index < -0.39 is 0 Å². The Bertz CT molecular complexity index is 3030. The molecule has 4 heteroatoms. The van der Waals surface area contributed by atoms with E-state index in [9.17, 15) is 5.11 Å². The van der Waals surface area contributed by atoms with Gasteiger partial charge in [-0.1, -0.05) is 146 Å². The van der Waals surface area contributed by atoms with Gasteiger partial charge < -0.3 is 9.67 Å². The van der Waals surface area contributed by atoms with Crippen molar-refractivity contribution in [2.45, 2.75) is 0 Å². The van der Waals surface area contributed by atoms with Gasteiger partial charge in [-0.25, -0.2) is 4.98 Å². The van der Waals surface area contributed by atoms with Crippen molar-refractivity contribution in [2.24, 2.45) is 0 Å². The normalized spacial score (nSPS) is 11.3. The molecular formula is C52H35N3O. The number of fused-ring (bicyclic) bond motifs is 3. The Labute approximate surface area is 325 Å². The van der Waals surface area contributed by atoms with Gasteiger partial charge in [0.2, 0.25) is 0 Å². The van der Waals surface area contributed by atoms with Crippen LogP contribution in [-0.2, 0) is 0 Å². The van der Waals surface area contributed by atoms with Crippen molar-refractivity contribution < 1.29 is 5.11 Å². The predicted molar refractivity (Wildman–Crippen MR) is 231 cm³/mol. The zero-order chi connectivity index (χ0) is 37.4. The molecule has 0 spiro atoms. The third-order valence-corrected chi connectivity index (χ3v) is 10.6. The lowest BCUT2D eigenvalue weighted by molar-refractivity contribution is 0.477. The number of pyridine rings is 2. The Morgan fingerprint density at radius 3 is 1.79 bits per heavy atom. The molecule has 0 aliphatic rings. The molecule has 0 aliphatic carbocycles. The summed E-state index contributed by atoms with van der Waals surface area (Å²) in [7, 11) is 0. The number of hydrogen-bond acceptors (Lipinski definition) is 3. The van der Waals surface area contributed by atoms with E-state index in [0.717, 1.165) is 61.6 Å². The number of para-hydroxylation sites is 3. The Hall–Kier alpha value is -7.56. The van der Waals surface area contributed by atoms with E-state index in [-0.39, 0.29) is 5.75 Å². The molecule has 7 aromatic carbocycles. The summed E-state index contributed by atoms with van der Waals surface area (Å²) in [6.45, 7) is 0. The number of aromatic hydroxyl groups is 1. The SMILES string of the molecule is Oc1cccc(-c2ccccc2)c1-c1cc(-c2ccccc2)cc(-c2cccc(-c3cc(-c4cccc5c6ccccc6n(-c6ccccc6)c45)ccn3)c2)n1. The second kappa shape index (κ2) is 14.0. The van der Waals surface area contributed by atoms with Crippen molar-refractivity contribution in [1.82, 2.24) is 14.5 Å². The summed E-state index contributed by atoms with van der Waals surface area (Å²) in [5, 5.41) is 13.8. The topological polar surface area (TPSA) is 50.9 Å². The molecular weight excluding hydrogens is 683 g/mol. The second-order valence-electron chi connectivity index (χ2n) is 14.0. The summed E-state index contributed by atoms with van der Waals surface area (Å²) in [6.07, 6.45) is 1.90. The molecule has 0 amide bonds. The van der Waals surface area contributed by atoms with Crippen molar-refractivity contribution in [3.05, 3.63) is 206 Å². The average molecular weight is 718 g/mol. The molecule has 0 atom stereocenters. The summed E-state index contributed by atoms with van der Waals surface area (Å²) in [5.41, 5.74) is 14.7. The highest BCUT2D eigenvalue weighted by atomic mass is 16.3. The largest absolute Gasteiger partial charge is 0.507 e. The van der Waals surface area contributed by atoms with Crippen LogP contribution in [0.15, 0.2) is 206 Å². The molecule has 3 heterocycles. The molecule has 0 saturated carbocycles. The van der Waals surface area contributed by atoms with Crippen LogP contribution in [0.2, 0.25) is 0 Å². The fourth-order valence-electron chi connectivity index (χ4n) is 7.96. The van der Waals surface area contributed by atoms with Crippen LogP contribution in [-0.4, -0.2) is 19.6 Å². The highest BCUT2D eigenvalue weighted by Gasteiger charge is 2.19. The molecule has 1 N–H and O–H groups in total. The van der Waals surface area contributed by atoms with Gasteiger partial charge in [-0.2, -0.15) is 0 Å². The molecule has 264 valence electrons. The quantitative estimate of drug-likeness (QED) is 0.179. The summed E-state index contributed by atoms with van der Waals surface area (Å²) in [4.78, 5) is 10.2. The molecule has 10 rings (SSSR count). The van der Waals surface area contributed by atoms with Gasteiger partial charge in [-0.05, 0) is 82.4 Å². The van der Waals surface area contributed by atoms with Crippen LogP contribution in [0.4, 0.5) is 0 Å². The lowest BCUT2D eigenvalue weighted by Crippen LogP contribution is -1.95. The molecule has 0 aliphatic heterocycles. The van der Waals surface area contributed by atoms with E-state index in [1.54, 1.807) is 6.07 Å². The number of hydrogen-bond donors (Lipinski definition) is 1. The van der Waals surface area contributed by atoms with Crippen molar-refractivity contribution in [2.75, 3.05) is 0 Å². The van der Waals surface area contributed by atoms with Crippen molar-refractivity contribution in [3.8, 4) is 78.6 Å². The van der Waals surface area contributed by atoms with Crippen LogP contribution in [0.5, 0.6) is 5.75 Å². The summed E-state index contributed by atoms with van der Waals surface area (Å²) >= 11 is 0.